The largest absolute Gasteiger partial charge is 0.453 e. The van der Waals surface area contributed by atoms with Gasteiger partial charge in [-0.3, -0.25) is 0 Å². The molecule has 0 radical (unpaired) electrons. The SMILES string of the molecule is C[C@H](O)c1ccc(Oc2cc(Cl)ccc2Cl)c(F)c1. The quantitative estimate of drug-likeness (QED) is 0.866. The second-order valence-corrected chi connectivity index (χ2v) is 4.89. The van der Waals surface area contributed by atoms with Crippen LogP contribution in [0.25, 0.3) is 0 Å². The molecule has 1 atom stereocenters. The Labute approximate surface area is 120 Å². The smallest absolute Gasteiger partial charge is 0.166 e. The molecule has 0 fully saturated rings. The van der Waals surface area contributed by atoms with Gasteiger partial charge in [-0.1, -0.05) is 29.3 Å². The molecule has 2 aromatic carbocycles. The molecule has 0 spiro atoms. The number of aliphatic hydroxyl groups excluding tert-OH is 1. The van der Waals surface area contributed by atoms with Crippen molar-refractivity contribution in [1.29, 1.82) is 0 Å². The summed E-state index contributed by atoms with van der Waals surface area (Å²) in [6.45, 7) is 1.56. The standard InChI is InChI=1S/C14H11Cl2FO2/c1-8(18)9-2-5-13(12(17)6-9)19-14-7-10(15)3-4-11(14)16/h2-8,18H,1H3/t8-/m0/s1. The van der Waals surface area contributed by atoms with E-state index < -0.39 is 11.9 Å². The molecule has 100 valence electrons. The summed E-state index contributed by atoms with van der Waals surface area (Å²) in [5.74, 6) is -0.277. The predicted molar refractivity (Wildman–Crippen MR) is 73.6 cm³/mol. The van der Waals surface area contributed by atoms with Crippen molar-refractivity contribution in [2.45, 2.75) is 13.0 Å². The Bertz CT molecular complexity index is 600. The third-order valence-electron chi connectivity index (χ3n) is 2.55. The van der Waals surface area contributed by atoms with Gasteiger partial charge in [0.15, 0.2) is 11.6 Å². The second kappa shape index (κ2) is 5.78. The molecule has 0 unspecified atom stereocenters. The minimum absolute atomic E-state index is 0.0218. The highest BCUT2D eigenvalue weighted by molar-refractivity contribution is 6.34. The lowest BCUT2D eigenvalue weighted by atomic mass is 10.1. The molecule has 0 amide bonds. The highest BCUT2D eigenvalue weighted by atomic mass is 35.5. The van der Waals surface area contributed by atoms with Crippen LogP contribution in [0.5, 0.6) is 11.5 Å². The maximum Gasteiger partial charge on any atom is 0.166 e. The first kappa shape index (κ1) is 14.1. The van der Waals surface area contributed by atoms with Gasteiger partial charge < -0.3 is 9.84 Å². The molecular formula is C14H11Cl2FO2. The van der Waals surface area contributed by atoms with Crippen molar-refractivity contribution in [3.8, 4) is 11.5 Å². The van der Waals surface area contributed by atoms with Crippen molar-refractivity contribution in [3.63, 3.8) is 0 Å². The van der Waals surface area contributed by atoms with Crippen LogP contribution in [0.1, 0.15) is 18.6 Å². The van der Waals surface area contributed by atoms with Crippen molar-refractivity contribution < 1.29 is 14.2 Å². The third kappa shape index (κ3) is 3.38. The van der Waals surface area contributed by atoms with E-state index in [1.807, 2.05) is 0 Å². The lowest BCUT2D eigenvalue weighted by Crippen LogP contribution is -1.95. The van der Waals surface area contributed by atoms with Crippen LogP contribution < -0.4 is 4.74 Å². The Kier molecular flexibility index (Phi) is 4.30. The average molecular weight is 301 g/mol. The van der Waals surface area contributed by atoms with E-state index in [0.717, 1.165) is 0 Å². The molecule has 0 heterocycles. The number of rotatable bonds is 3. The number of ether oxygens (including phenoxy) is 1. The maximum atomic E-state index is 13.8. The van der Waals surface area contributed by atoms with Crippen LogP contribution in [0.2, 0.25) is 10.0 Å². The van der Waals surface area contributed by atoms with Gasteiger partial charge >= 0.3 is 0 Å². The molecule has 2 nitrogen and oxygen atoms in total. The zero-order chi connectivity index (χ0) is 14.0. The van der Waals surface area contributed by atoms with E-state index in [0.29, 0.717) is 15.6 Å². The summed E-state index contributed by atoms with van der Waals surface area (Å²) in [6, 6.07) is 8.94. The van der Waals surface area contributed by atoms with Gasteiger partial charge in [0.1, 0.15) is 5.75 Å². The van der Waals surface area contributed by atoms with Gasteiger partial charge in [0.25, 0.3) is 0 Å². The topological polar surface area (TPSA) is 29.5 Å². The molecule has 19 heavy (non-hydrogen) atoms. The van der Waals surface area contributed by atoms with Gasteiger partial charge in [-0.15, -0.1) is 0 Å². The number of hydrogen-bond donors (Lipinski definition) is 1. The molecule has 0 saturated carbocycles. The number of hydrogen-bond acceptors (Lipinski definition) is 2. The van der Waals surface area contributed by atoms with Crippen molar-refractivity contribution in [1.82, 2.24) is 0 Å². The summed E-state index contributed by atoms with van der Waals surface area (Å²) in [5.41, 5.74) is 0.474. The Morgan fingerprint density at radius 3 is 2.47 bits per heavy atom. The van der Waals surface area contributed by atoms with E-state index in [4.69, 9.17) is 27.9 Å². The minimum atomic E-state index is -0.738. The zero-order valence-electron chi connectivity index (χ0n) is 10.0. The van der Waals surface area contributed by atoms with E-state index in [2.05, 4.69) is 0 Å². The van der Waals surface area contributed by atoms with Crippen LogP contribution in [0.3, 0.4) is 0 Å². The molecule has 2 aromatic rings. The molecule has 5 heteroatoms. The normalized spacial score (nSPS) is 12.3. The van der Waals surface area contributed by atoms with E-state index in [-0.39, 0.29) is 11.5 Å². The highest BCUT2D eigenvalue weighted by Crippen LogP contribution is 2.33. The molecule has 0 saturated heterocycles. The fourth-order valence-corrected chi connectivity index (χ4v) is 1.85. The molecule has 0 aliphatic heterocycles. The minimum Gasteiger partial charge on any atom is -0.453 e. The Morgan fingerprint density at radius 2 is 1.84 bits per heavy atom. The first-order valence-electron chi connectivity index (χ1n) is 5.58. The summed E-state index contributed by atoms with van der Waals surface area (Å²) in [6.07, 6.45) is -0.738. The summed E-state index contributed by atoms with van der Waals surface area (Å²) < 4.78 is 19.2. The predicted octanol–water partition coefficient (Wildman–Crippen LogP) is 4.98. The van der Waals surface area contributed by atoms with Crippen molar-refractivity contribution >= 4 is 23.2 Å². The van der Waals surface area contributed by atoms with Crippen LogP contribution >= 0.6 is 23.2 Å². The molecule has 0 aliphatic carbocycles. The molecule has 0 aromatic heterocycles. The summed E-state index contributed by atoms with van der Waals surface area (Å²) in [7, 11) is 0. The first-order chi connectivity index (χ1) is 8.97. The molecule has 0 aliphatic rings. The molecule has 1 N–H and O–H groups in total. The van der Waals surface area contributed by atoms with Gasteiger partial charge in [0.2, 0.25) is 0 Å². The Balaban J connectivity index is 2.31. The van der Waals surface area contributed by atoms with Crippen LogP contribution in [-0.4, -0.2) is 5.11 Å². The number of benzene rings is 2. The van der Waals surface area contributed by atoms with Crippen molar-refractivity contribution in [3.05, 3.63) is 57.8 Å². The molecule has 2 rings (SSSR count). The summed E-state index contributed by atoms with van der Waals surface area (Å²) in [4.78, 5) is 0. The van der Waals surface area contributed by atoms with Crippen molar-refractivity contribution in [2.24, 2.45) is 0 Å². The Hall–Kier alpha value is -1.29. The van der Waals surface area contributed by atoms with E-state index >= 15 is 0 Å². The average Bonchev–Trinajstić information content (AvgIpc) is 2.36. The number of halogens is 3. The fraction of sp³-hybridized carbons (Fsp3) is 0.143. The monoisotopic (exact) mass is 300 g/mol. The second-order valence-electron chi connectivity index (χ2n) is 4.04. The van der Waals surface area contributed by atoms with Crippen LogP contribution in [0.15, 0.2) is 36.4 Å². The third-order valence-corrected chi connectivity index (χ3v) is 3.10. The van der Waals surface area contributed by atoms with Crippen molar-refractivity contribution in [2.75, 3.05) is 0 Å². The first-order valence-corrected chi connectivity index (χ1v) is 6.33. The van der Waals surface area contributed by atoms with Gasteiger partial charge in [0.05, 0.1) is 11.1 Å². The van der Waals surface area contributed by atoms with Gasteiger partial charge in [-0.05, 0) is 36.8 Å². The molecular weight excluding hydrogens is 290 g/mol. The lowest BCUT2D eigenvalue weighted by molar-refractivity contribution is 0.198. The van der Waals surface area contributed by atoms with Gasteiger partial charge in [-0.25, -0.2) is 4.39 Å². The van der Waals surface area contributed by atoms with Gasteiger partial charge in [-0.2, -0.15) is 0 Å². The van der Waals surface area contributed by atoms with Gasteiger partial charge in [0, 0.05) is 11.1 Å². The summed E-state index contributed by atoms with van der Waals surface area (Å²) >= 11 is 11.8. The fourth-order valence-electron chi connectivity index (χ4n) is 1.53. The summed E-state index contributed by atoms with van der Waals surface area (Å²) in [5, 5.41) is 10.1. The van der Waals surface area contributed by atoms with E-state index in [1.165, 1.54) is 18.2 Å². The zero-order valence-corrected chi connectivity index (χ0v) is 11.5. The molecule has 0 bridgehead atoms. The lowest BCUT2D eigenvalue weighted by Gasteiger charge is -2.11. The van der Waals surface area contributed by atoms with E-state index in [9.17, 15) is 9.50 Å². The number of aliphatic hydroxyl groups is 1. The highest BCUT2D eigenvalue weighted by Gasteiger charge is 2.11. The van der Waals surface area contributed by atoms with Crippen LogP contribution in [0, 0.1) is 5.82 Å². The van der Waals surface area contributed by atoms with Crippen LogP contribution in [-0.2, 0) is 0 Å². The van der Waals surface area contributed by atoms with Crippen LogP contribution in [0.4, 0.5) is 4.39 Å². The maximum absolute atomic E-state index is 13.8. The van der Waals surface area contributed by atoms with E-state index in [1.54, 1.807) is 25.1 Å². The Morgan fingerprint density at radius 1 is 1.11 bits per heavy atom.